The van der Waals surface area contributed by atoms with Crippen LogP contribution < -0.4 is 15.4 Å². The van der Waals surface area contributed by atoms with Gasteiger partial charge in [0, 0.05) is 38.0 Å². The molecule has 2 rings (SSSR count). The lowest BCUT2D eigenvalue weighted by atomic mass is 10.1. The molecule has 1 fully saturated rings. The number of anilines is 1. The van der Waals surface area contributed by atoms with Gasteiger partial charge in [0.05, 0.1) is 6.10 Å². The molecule has 1 aliphatic heterocycles. The molecule has 1 aromatic carbocycles. The summed E-state index contributed by atoms with van der Waals surface area (Å²) in [4.78, 5) is 2.33. The Morgan fingerprint density at radius 1 is 1.47 bits per heavy atom. The highest BCUT2D eigenvalue weighted by atomic mass is 16.5. The summed E-state index contributed by atoms with van der Waals surface area (Å²) in [7, 11) is 1.69. The van der Waals surface area contributed by atoms with E-state index in [0.717, 1.165) is 31.7 Å². The Balaban J connectivity index is 1.98. The summed E-state index contributed by atoms with van der Waals surface area (Å²) in [6.45, 7) is 4.57. The van der Waals surface area contributed by atoms with Crippen LogP contribution in [0.25, 0.3) is 0 Å². The van der Waals surface area contributed by atoms with Crippen molar-refractivity contribution in [2.75, 3.05) is 31.7 Å². The lowest BCUT2D eigenvalue weighted by Crippen LogP contribution is -2.42. The molecule has 0 spiro atoms. The van der Waals surface area contributed by atoms with Crippen molar-refractivity contribution < 1.29 is 9.47 Å². The van der Waals surface area contributed by atoms with Gasteiger partial charge in [-0.05, 0) is 31.9 Å². The molecule has 1 saturated heterocycles. The van der Waals surface area contributed by atoms with Crippen LogP contribution in [0.1, 0.15) is 19.8 Å². The fourth-order valence-corrected chi connectivity index (χ4v) is 2.30. The second-order valence-electron chi connectivity index (χ2n) is 5.20. The van der Waals surface area contributed by atoms with Crippen LogP contribution in [0, 0.1) is 0 Å². The number of hydrogen-bond acceptors (Lipinski definition) is 4. The van der Waals surface area contributed by atoms with Gasteiger partial charge in [-0.1, -0.05) is 6.07 Å². The minimum atomic E-state index is 0.104. The zero-order valence-corrected chi connectivity index (χ0v) is 11.8. The predicted molar refractivity (Wildman–Crippen MR) is 77.8 cm³/mol. The molecule has 4 nitrogen and oxygen atoms in total. The Labute approximate surface area is 115 Å². The number of rotatable bonds is 5. The number of hydrogen-bond donors (Lipinski definition) is 1. The van der Waals surface area contributed by atoms with E-state index in [1.165, 1.54) is 5.69 Å². The van der Waals surface area contributed by atoms with Gasteiger partial charge < -0.3 is 20.1 Å². The third-order valence-electron chi connectivity index (χ3n) is 3.53. The smallest absolute Gasteiger partial charge is 0.121 e. The van der Waals surface area contributed by atoms with Crippen molar-refractivity contribution in [2.45, 2.75) is 31.9 Å². The molecule has 0 saturated carbocycles. The zero-order valence-electron chi connectivity index (χ0n) is 11.8. The first-order valence-electron chi connectivity index (χ1n) is 6.95. The first-order chi connectivity index (χ1) is 9.19. The molecule has 0 aromatic heterocycles. The molecule has 0 radical (unpaired) electrons. The van der Waals surface area contributed by atoms with Gasteiger partial charge in [-0.3, -0.25) is 0 Å². The summed E-state index contributed by atoms with van der Waals surface area (Å²) in [5, 5.41) is 0. The SMILES string of the molecule is COC(C)COc1cccc(N2CCCC(N)C2)c1. The van der Waals surface area contributed by atoms with E-state index in [0.29, 0.717) is 6.61 Å². The van der Waals surface area contributed by atoms with Crippen LogP contribution in [0.4, 0.5) is 5.69 Å². The Morgan fingerprint density at radius 3 is 3.05 bits per heavy atom. The summed E-state index contributed by atoms with van der Waals surface area (Å²) in [5.41, 5.74) is 7.22. The van der Waals surface area contributed by atoms with Gasteiger partial charge in [0.15, 0.2) is 0 Å². The Morgan fingerprint density at radius 2 is 2.32 bits per heavy atom. The highest BCUT2D eigenvalue weighted by Gasteiger charge is 2.17. The number of piperidine rings is 1. The molecule has 0 bridgehead atoms. The topological polar surface area (TPSA) is 47.7 Å². The van der Waals surface area contributed by atoms with Crippen molar-refractivity contribution in [2.24, 2.45) is 5.73 Å². The average molecular weight is 264 g/mol. The Kier molecular flexibility index (Phi) is 5.05. The lowest BCUT2D eigenvalue weighted by Gasteiger charge is -2.32. The maximum Gasteiger partial charge on any atom is 0.121 e. The molecule has 1 aromatic rings. The molecule has 4 heteroatoms. The minimum absolute atomic E-state index is 0.104. The molecular weight excluding hydrogens is 240 g/mol. The molecule has 2 atom stereocenters. The van der Waals surface area contributed by atoms with E-state index in [-0.39, 0.29) is 12.1 Å². The number of methoxy groups -OCH3 is 1. The molecule has 1 heterocycles. The minimum Gasteiger partial charge on any atom is -0.491 e. The van der Waals surface area contributed by atoms with Crippen LogP contribution >= 0.6 is 0 Å². The maximum absolute atomic E-state index is 6.03. The number of nitrogens with zero attached hydrogens (tertiary/aromatic N) is 1. The first-order valence-corrected chi connectivity index (χ1v) is 6.95. The summed E-state index contributed by atoms with van der Waals surface area (Å²) in [6.07, 6.45) is 2.39. The standard InChI is InChI=1S/C15H24N2O2/c1-12(18-2)11-19-15-7-3-6-14(9-15)17-8-4-5-13(16)10-17/h3,6-7,9,12-13H,4-5,8,10-11,16H2,1-2H3. The molecule has 0 amide bonds. The van der Waals surface area contributed by atoms with Crippen LogP contribution in [-0.2, 0) is 4.74 Å². The van der Waals surface area contributed by atoms with E-state index in [1.807, 2.05) is 19.1 Å². The third kappa shape index (κ3) is 4.11. The van der Waals surface area contributed by atoms with Crippen molar-refractivity contribution in [3.8, 4) is 5.75 Å². The van der Waals surface area contributed by atoms with Gasteiger partial charge in [-0.25, -0.2) is 0 Å². The fraction of sp³-hybridized carbons (Fsp3) is 0.600. The summed E-state index contributed by atoms with van der Waals surface area (Å²) in [6, 6.07) is 8.50. The van der Waals surface area contributed by atoms with E-state index in [1.54, 1.807) is 7.11 Å². The maximum atomic E-state index is 6.03. The predicted octanol–water partition coefficient (Wildman–Crippen LogP) is 2.03. The molecule has 106 valence electrons. The first kappa shape index (κ1) is 14.2. The van der Waals surface area contributed by atoms with Crippen LogP contribution in [0.3, 0.4) is 0 Å². The van der Waals surface area contributed by atoms with Crippen LogP contribution in [-0.4, -0.2) is 39.0 Å². The van der Waals surface area contributed by atoms with E-state index < -0.39 is 0 Å². The third-order valence-corrected chi connectivity index (χ3v) is 3.53. The van der Waals surface area contributed by atoms with Crippen LogP contribution in [0.15, 0.2) is 24.3 Å². The molecular formula is C15H24N2O2. The van der Waals surface area contributed by atoms with E-state index >= 15 is 0 Å². The number of ether oxygens (including phenoxy) is 2. The van der Waals surface area contributed by atoms with Gasteiger partial charge in [0.2, 0.25) is 0 Å². The Bertz CT molecular complexity index is 397. The van der Waals surface area contributed by atoms with E-state index in [4.69, 9.17) is 15.2 Å². The van der Waals surface area contributed by atoms with Gasteiger partial charge in [0.25, 0.3) is 0 Å². The Hall–Kier alpha value is -1.26. The van der Waals surface area contributed by atoms with Gasteiger partial charge in [0.1, 0.15) is 12.4 Å². The number of benzene rings is 1. The summed E-state index contributed by atoms with van der Waals surface area (Å²) >= 11 is 0. The number of nitrogens with two attached hydrogens (primary N) is 1. The second kappa shape index (κ2) is 6.78. The van der Waals surface area contributed by atoms with Crippen molar-refractivity contribution in [3.63, 3.8) is 0 Å². The van der Waals surface area contributed by atoms with Gasteiger partial charge >= 0.3 is 0 Å². The molecule has 0 aliphatic carbocycles. The fourth-order valence-electron chi connectivity index (χ4n) is 2.30. The highest BCUT2D eigenvalue weighted by Crippen LogP contribution is 2.24. The zero-order chi connectivity index (χ0) is 13.7. The molecule has 1 aliphatic rings. The van der Waals surface area contributed by atoms with E-state index in [9.17, 15) is 0 Å². The van der Waals surface area contributed by atoms with Crippen molar-refractivity contribution >= 4 is 5.69 Å². The second-order valence-corrected chi connectivity index (χ2v) is 5.20. The lowest BCUT2D eigenvalue weighted by molar-refractivity contribution is 0.0717. The summed E-state index contributed by atoms with van der Waals surface area (Å²) in [5.74, 6) is 0.889. The van der Waals surface area contributed by atoms with Crippen molar-refractivity contribution in [3.05, 3.63) is 24.3 Å². The molecule has 2 N–H and O–H groups in total. The quantitative estimate of drug-likeness (QED) is 0.884. The van der Waals surface area contributed by atoms with Crippen molar-refractivity contribution in [1.82, 2.24) is 0 Å². The highest BCUT2D eigenvalue weighted by molar-refractivity contribution is 5.51. The molecule has 2 unspecified atom stereocenters. The monoisotopic (exact) mass is 264 g/mol. The van der Waals surface area contributed by atoms with Gasteiger partial charge in [-0.2, -0.15) is 0 Å². The molecule has 19 heavy (non-hydrogen) atoms. The van der Waals surface area contributed by atoms with Crippen LogP contribution in [0.2, 0.25) is 0 Å². The van der Waals surface area contributed by atoms with Gasteiger partial charge in [-0.15, -0.1) is 0 Å². The summed E-state index contributed by atoms with van der Waals surface area (Å²) < 4.78 is 10.9. The van der Waals surface area contributed by atoms with Crippen LogP contribution in [0.5, 0.6) is 5.75 Å². The van der Waals surface area contributed by atoms with E-state index in [2.05, 4.69) is 17.0 Å². The van der Waals surface area contributed by atoms with Crippen molar-refractivity contribution in [1.29, 1.82) is 0 Å². The normalized spacial score (nSPS) is 21.2. The average Bonchev–Trinajstić information content (AvgIpc) is 2.45. The largest absolute Gasteiger partial charge is 0.491 e.